The smallest absolute Gasteiger partial charge is 0.191 e. The molecule has 0 spiro atoms. The van der Waals surface area contributed by atoms with Gasteiger partial charge in [0.15, 0.2) is 5.96 Å². The quantitative estimate of drug-likeness (QED) is 0.241. The van der Waals surface area contributed by atoms with Gasteiger partial charge in [-0.2, -0.15) is 0 Å². The first kappa shape index (κ1) is 22.2. The highest BCUT2D eigenvalue weighted by atomic mass is 127. The molecule has 0 heterocycles. The van der Waals surface area contributed by atoms with Crippen LogP contribution in [-0.4, -0.2) is 63.8 Å². The Morgan fingerprint density at radius 3 is 2.25 bits per heavy atom. The van der Waals surface area contributed by atoms with E-state index in [1.807, 2.05) is 6.92 Å². The van der Waals surface area contributed by atoms with Crippen LogP contribution in [0.3, 0.4) is 0 Å². The van der Waals surface area contributed by atoms with Crippen LogP contribution < -0.4 is 10.6 Å². The highest BCUT2D eigenvalue weighted by Gasteiger charge is 1.99. The lowest BCUT2D eigenvalue weighted by Gasteiger charge is -2.18. The van der Waals surface area contributed by atoms with Crippen LogP contribution >= 0.6 is 24.0 Å². The van der Waals surface area contributed by atoms with Gasteiger partial charge in [0.1, 0.15) is 0 Å². The SMILES string of the molecule is CCOCCNC(=NC)NCCCCN(CC)CC.I. The molecule has 0 aromatic carbocycles. The van der Waals surface area contributed by atoms with Crippen molar-refractivity contribution in [2.75, 3.05) is 53.0 Å². The molecule has 0 radical (unpaired) electrons. The first-order chi connectivity index (χ1) is 9.28. The molecule has 0 aromatic heterocycles. The van der Waals surface area contributed by atoms with Crippen LogP contribution in [0.5, 0.6) is 0 Å². The minimum atomic E-state index is 0. The summed E-state index contributed by atoms with van der Waals surface area (Å²) in [6, 6.07) is 0. The van der Waals surface area contributed by atoms with Crippen molar-refractivity contribution in [1.29, 1.82) is 0 Å². The maximum absolute atomic E-state index is 5.27. The van der Waals surface area contributed by atoms with Gasteiger partial charge >= 0.3 is 0 Å². The molecule has 0 aliphatic rings. The van der Waals surface area contributed by atoms with Gasteiger partial charge in [0.05, 0.1) is 6.61 Å². The zero-order valence-corrected chi connectivity index (χ0v) is 15.9. The second-order valence-corrected chi connectivity index (χ2v) is 4.36. The molecule has 0 fully saturated rings. The lowest BCUT2D eigenvalue weighted by molar-refractivity contribution is 0.152. The average Bonchev–Trinajstić information content (AvgIpc) is 2.45. The van der Waals surface area contributed by atoms with Gasteiger partial charge in [-0.3, -0.25) is 4.99 Å². The number of guanidine groups is 1. The Hall–Kier alpha value is -0.0800. The molecule has 0 bridgehead atoms. The number of halogens is 1. The van der Waals surface area contributed by atoms with Crippen molar-refractivity contribution in [2.24, 2.45) is 4.99 Å². The number of rotatable bonds is 11. The summed E-state index contributed by atoms with van der Waals surface area (Å²) in [5.74, 6) is 0.863. The number of nitrogens with one attached hydrogen (secondary N) is 2. The Balaban J connectivity index is 0. The zero-order valence-electron chi connectivity index (χ0n) is 13.6. The first-order valence-corrected chi connectivity index (χ1v) is 7.53. The van der Waals surface area contributed by atoms with E-state index in [1.54, 1.807) is 7.05 Å². The molecule has 0 aliphatic heterocycles. The van der Waals surface area contributed by atoms with Crippen LogP contribution in [-0.2, 0) is 4.74 Å². The maximum atomic E-state index is 5.27. The van der Waals surface area contributed by atoms with E-state index in [0.29, 0.717) is 0 Å². The number of ether oxygens (including phenoxy) is 1. The van der Waals surface area contributed by atoms with Crippen molar-refractivity contribution < 1.29 is 4.74 Å². The normalized spacial score (nSPS) is 11.3. The van der Waals surface area contributed by atoms with E-state index >= 15 is 0 Å². The molecule has 5 nitrogen and oxygen atoms in total. The monoisotopic (exact) mass is 400 g/mol. The summed E-state index contributed by atoms with van der Waals surface area (Å²) in [6.07, 6.45) is 2.40. The maximum Gasteiger partial charge on any atom is 0.191 e. The Morgan fingerprint density at radius 1 is 1.05 bits per heavy atom. The fourth-order valence-electron chi connectivity index (χ4n) is 1.81. The number of aliphatic imine (C=N–C) groups is 1. The van der Waals surface area contributed by atoms with E-state index in [0.717, 1.165) is 45.4 Å². The summed E-state index contributed by atoms with van der Waals surface area (Å²) >= 11 is 0. The van der Waals surface area contributed by atoms with Gasteiger partial charge in [0, 0.05) is 26.7 Å². The molecule has 0 aliphatic carbocycles. The fraction of sp³-hybridized carbons (Fsp3) is 0.929. The lowest BCUT2D eigenvalue weighted by atomic mass is 10.3. The van der Waals surface area contributed by atoms with Crippen molar-refractivity contribution in [1.82, 2.24) is 15.5 Å². The Morgan fingerprint density at radius 2 is 1.70 bits per heavy atom. The Kier molecular flexibility index (Phi) is 18.8. The van der Waals surface area contributed by atoms with Gasteiger partial charge in [0.25, 0.3) is 0 Å². The molecule has 20 heavy (non-hydrogen) atoms. The number of hydrogen-bond donors (Lipinski definition) is 2. The topological polar surface area (TPSA) is 48.9 Å². The summed E-state index contributed by atoms with van der Waals surface area (Å²) < 4.78 is 5.27. The van der Waals surface area contributed by atoms with Crippen molar-refractivity contribution in [2.45, 2.75) is 33.6 Å². The summed E-state index contributed by atoms with van der Waals surface area (Å²) in [7, 11) is 1.80. The molecule has 0 aromatic rings. The molecule has 6 heteroatoms. The molecule has 2 N–H and O–H groups in total. The largest absolute Gasteiger partial charge is 0.380 e. The number of nitrogens with zero attached hydrogens (tertiary/aromatic N) is 2. The second kappa shape index (κ2) is 17.0. The van der Waals surface area contributed by atoms with Crippen LogP contribution in [0.15, 0.2) is 4.99 Å². The summed E-state index contributed by atoms with van der Waals surface area (Å²) in [5.41, 5.74) is 0. The summed E-state index contributed by atoms with van der Waals surface area (Å²) in [4.78, 5) is 6.63. The number of hydrogen-bond acceptors (Lipinski definition) is 3. The van der Waals surface area contributed by atoms with Crippen LogP contribution in [0.1, 0.15) is 33.6 Å². The predicted molar refractivity (Wildman–Crippen MR) is 98.3 cm³/mol. The van der Waals surface area contributed by atoms with Gasteiger partial charge in [0.2, 0.25) is 0 Å². The van der Waals surface area contributed by atoms with Crippen molar-refractivity contribution in [3.8, 4) is 0 Å². The third-order valence-electron chi connectivity index (χ3n) is 3.05. The van der Waals surface area contributed by atoms with Gasteiger partial charge in [-0.25, -0.2) is 0 Å². The molecule has 0 rings (SSSR count). The molecule has 0 saturated carbocycles. The third kappa shape index (κ3) is 12.9. The minimum absolute atomic E-state index is 0. The summed E-state index contributed by atoms with van der Waals surface area (Å²) in [5, 5.41) is 6.55. The van der Waals surface area contributed by atoms with E-state index in [1.165, 1.54) is 19.4 Å². The Labute approximate surface area is 141 Å². The minimum Gasteiger partial charge on any atom is -0.380 e. The highest BCUT2D eigenvalue weighted by Crippen LogP contribution is 1.93. The van der Waals surface area contributed by atoms with E-state index < -0.39 is 0 Å². The first-order valence-electron chi connectivity index (χ1n) is 7.53. The van der Waals surface area contributed by atoms with Crippen LogP contribution in [0.4, 0.5) is 0 Å². The van der Waals surface area contributed by atoms with Crippen molar-refractivity contribution in [3.63, 3.8) is 0 Å². The highest BCUT2D eigenvalue weighted by molar-refractivity contribution is 14.0. The Bertz CT molecular complexity index is 223. The third-order valence-corrected chi connectivity index (χ3v) is 3.05. The molecular formula is C14H33IN4O. The van der Waals surface area contributed by atoms with Crippen molar-refractivity contribution >= 4 is 29.9 Å². The van der Waals surface area contributed by atoms with Gasteiger partial charge < -0.3 is 20.3 Å². The van der Waals surface area contributed by atoms with Crippen molar-refractivity contribution in [3.05, 3.63) is 0 Å². The van der Waals surface area contributed by atoms with Gasteiger partial charge in [-0.05, 0) is 39.4 Å². The van der Waals surface area contributed by atoms with Crippen LogP contribution in [0.2, 0.25) is 0 Å². The van der Waals surface area contributed by atoms with E-state index in [4.69, 9.17) is 4.74 Å². The van der Waals surface area contributed by atoms with Gasteiger partial charge in [-0.15, -0.1) is 24.0 Å². The van der Waals surface area contributed by atoms with Crippen LogP contribution in [0, 0.1) is 0 Å². The van der Waals surface area contributed by atoms with Gasteiger partial charge in [-0.1, -0.05) is 13.8 Å². The van der Waals surface area contributed by atoms with E-state index in [9.17, 15) is 0 Å². The summed E-state index contributed by atoms with van der Waals surface area (Å²) in [6.45, 7) is 13.2. The second-order valence-electron chi connectivity index (χ2n) is 4.36. The zero-order chi connectivity index (χ0) is 14.3. The number of unbranched alkanes of at least 4 members (excludes halogenated alkanes) is 1. The van der Waals surface area contributed by atoms with Crippen LogP contribution in [0.25, 0.3) is 0 Å². The molecule has 0 unspecified atom stereocenters. The standard InChI is InChI=1S/C14H32N4O.HI/c1-5-18(6-2)12-9-8-10-16-14(15-4)17-11-13-19-7-3;/h5-13H2,1-4H3,(H2,15,16,17);1H. The molecular weight excluding hydrogens is 367 g/mol. The van der Waals surface area contributed by atoms with E-state index in [2.05, 4.69) is 34.4 Å². The average molecular weight is 400 g/mol. The van der Waals surface area contributed by atoms with E-state index in [-0.39, 0.29) is 24.0 Å². The fourth-order valence-corrected chi connectivity index (χ4v) is 1.81. The molecule has 0 saturated heterocycles. The molecule has 0 amide bonds. The predicted octanol–water partition coefficient (Wildman–Crippen LogP) is 1.93. The lowest BCUT2D eigenvalue weighted by Crippen LogP contribution is -2.39. The molecule has 0 atom stereocenters. The molecule has 122 valence electrons.